The van der Waals surface area contributed by atoms with Crippen LogP contribution in [0, 0.1) is 0 Å². The highest BCUT2D eigenvalue weighted by atomic mass is 35.5. The number of rotatable bonds is 3. The van der Waals surface area contributed by atoms with Crippen LogP contribution in [-0.2, 0) is 14.3 Å². The van der Waals surface area contributed by atoms with Crippen molar-refractivity contribution in [3.8, 4) is 0 Å². The van der Waals surface area contributed by atoms with Crippen LogP contribution < -0.4 is 5.32 Å². The number of carbonyl (C=O) groups excluding carboxylic acids is 2. The largest absolute Gasteiger partial charge is 0.378 e. The molecule has 1 fully saturated rings. The molecule has 1 aromatic carbocycles. The van der Waals surface area contributed by atoms with Gasteiger partial charge in [0.05, 0.1) is 23.3 Å². The van der Waals surface area contributed by atoms with Gasteiger partial charge in [0.1, 0.15) is 5.25 Å². The number of hydrogen-bond donors (Lipinski definition) is 1. The van der Waals surface area contributed by atoms with Gasteiger partial charge in [-0.05, 0) is 18.2 Å². The van der Waals surface area contributed by atoms with E-state index in [4.69, 9.17) is 27.9 Å². The molecule has 128 valence electrons. The number of anilines is 1. The van der Waals surface area contributed by atoms with Crippen molar-refractivity contribution < 1.29 is 14.3 Å². The van der Waals surface area contributed by atoms with E-state index in [9.17, 15) is 9.59 Å². The number of ether oxygens (including phenoxy) is 1. The molecule has 1 atom stereocenters. The van der Waals surface area contributed by atoms with E-state index in [2.05, 4.69) is 10.3 Å². The monoisotopic (exact) mass is 387 g/mol. The highest BCUT2D eigenvalue weighted by molar-refractivity contribution is 8.15. The second-order valence-electron chi connectivity index (χ2n) is 5.32. The first kappa shape index (κ1) is 17.5. The average molecular weight is 388 g/mol. The molecule has 9 heteroatoms. The molecule has 1 saturated heterocycles. The number of nitrogens with zero attached hydrogens (tertiary/aromatic N) is 2. The summed E-state index contributed by atoms with van der Waals surface area (Å²) in [4.78, 5) is 30.3. The normalized spacial score (nSPS) is 20.9. The summed E-state index contributed by atoms with van der Waals surface area (Å²) in [6, 6.07) is 4.83. The van der Waals surface area contributed by atoms with Crippen molar-refractivity contribution in [3.05, 3.63) is 28.2 Å². The second-order valence-corrected chi connectivity index (χ2v) is 7.30. The Morgan fingerprint density at radius 2 is 2.08 bits per heavy atom. The van der Waals surface area contributed by atoms with Gasteiger partial charge in [0, 0.05) is 25.2 Å². The molecule has 2 aliphatic heterocycles. The lowest BCUT2D eigenvalue weighted by molar-refractivity contribution is -0.121. The minimum atomic E-state index is -0.495. The van der Waals surface area contributed by atoms with E-state index in [1.807, 2.05) is 4.90 Å². The third kappa shape index (κ3) is 4.22. The first-order valence-electron chi connectivity index (χ1n) is 7.40. The van der Waals surface area contributed by atoms with E-state index < -0.39 is 5.25 Å². The molecule has 0 aromatic heterocycles. The molecular weight excluding hydrogens is 373 g/mol. The van der Waals surface area contributed by atoms with Crippen molar-refractivity contribution in [3.63, 3.8) is 0 Å². The Morgan fingerprint density at radius 3 is 2.79 bits per heavy atom. The molecule has 2 heterocycles. The van der Waals surface area contributed by atoms with Crippen LogP contribution >= 0.6 is 35.0 Å². The summed E-state index contributed by atoms with van der Waals surface area (Å²) in [5.74, 6) is -0.538. The quantitative estimate of drug-likeness (QED) is 0.862. The number of carbonyl (C=O) groups is 2. The van der Waals surface area contributed by atoms with Gasteiger partial charge in [0.15, 0.2) is 5.17 Å². The van der Waals surface area contributed by atoms with Crippen LogP contribution in [0.3, 0.4) is 0 Å². The van der Waals surface area contributed by atoms with Gasteiger partial charge in [0.25, 0.3) is 5.91 Å². The van der Waals surface area contributed by atoms with E-state index in [1.165, 1.54) is 11.8 Å². The van der Waals surface area contributed by atoms with Crippen molar-refractivity contribution in [2.75, 3.05) is 31.6 Å². The summed E-state index contributed by atoms with van der Waals surface area (Å²) in [5, 5.41) is 3.68. The smallest absolute Gasteiger partial charge is 0.262 e. The predicted molar refractivity (Wildman–Crippen MR) is 95.9 cm³/mol. The maximum Gasteiger partial charge on any atom is 0.262 e. The predicted octanol–water partition coefficient (Wildman–Crippen LogP) is 2.65. The van der Waals surface area contributed by atoms with E-state index in [1.54, 1.807) is 18.2 Å². The summed E-state index contributed by atoms with van der Waals surface area (Å²) < 4.78 is 5.29. The van der Waals surface area contributed by atoms with E-state index >= 15 is 0 Å². The topological polar surface area (TPSA) is 71.0 Å². The molecule has 1 aromatic rings. The van der Waals surface area contributed by atoms with Gasteiger partial charge in [-0.2, -0.15) is 4.99 Å². The third-order valence-electron chi connectivity index (χ3n) is 3.58. The number of thioether (sulfide) groups is 1. The number of nitrogens with one attached hydrogen (secondary N) is 1. The standard InChI is InChI=1S/C15H15Cl2N3O3S/c16-10-2-1-9(7-11(10)17)18-13(21)8-12-14(22)19-15(24-12)20-3-5-23-6-4-20/h1-2,7,12H,3-6,8H2,(H,18,21)/t12-/m1/s1. The lowest BCUT2D eigenvalue weighted by Crippen LogP contribution is -2.39. The molecule has 0 aliphatic carbocycles. The molecule has 0 radical (unpaired) electrons. The van der Waals surface area contributed by atoms with Crippen LogP contribution in [0.1, 0.15) is 6.42 Å². The van der Waals surface area contributed by atoms with Gasteiger partial charge >= 0.3 is 0 Å². The fraction of sp³-hybridized carbons (Fsp3) is 0.400. The van der Waals surface area contributed by atoms with Crippen LogP contribution in [0.2, 0.25) is 10.0 Å². The fourth-order valence-corrected chi connectivity index (χ4v) is 3.77. The Balaban J connectivity index is 1.55. The van der Waals surface area contributed by atoms with Crippen molar-refractivity contribution >= 4 is 57.6 Å². The van der Waals surface area contributed by atoms with Crippen LogP contribution in [0.25, 0.3) is 0 Å². The summed E-state index contributed by atoms with van der Waals surface area (Å²) in [5.41, 5.74) is 0.541. The highest BCUT2D eigenvalue weighted by Crippen LogP contribution is 2.29. The first-order valence-corrected chi connectivity index (χ1v) is 9.03. The summed E-state index contributed by atoms with van der Waals surface area (Å²) >= 11 is 13.1. The number of aliphatic imine (C=N–C) groups is 1. The Labute approximate surface area is 153 Å². The van der Waals surface area contributed by atoms with E-state index in [0.29, 0.717) is 47.2 Å². The summed E-state index contributed by atoms with van der Waals surface area (Å²) in [6.07, 6.45) is 0.0566. The summed E-state index contributed by atoms with van der Waals surface area (Å²) in [7, 11) is 0. The van der Waals surface area contributed by atoms with Crippen LogP contribution in [0.15, 0.2) is 23.2 Å². The number of morpholine rings is 1. The van der Waals surface area contributed by atoms with Crippen LogP contribution in [0.5, 0.6) is 0 Å². The second kappa shape index (κ2) is 7.74. The maximum atomic E-state index is 12.2. The number of amides is 2. The Kier molecular flexibility index (Phi) is 5.65. The van der Waals surface area contributed by atoms with Crippen molar-refractivity contribution in [1.29, 1.82) is 0 Å². The van der Waals surface area contributed by atoms with Crippen molar-refractivity contribution in [2.24, 2.45) is 4.99 Å². The van der Waals surface area contributed by atoms with Gasteiger partial charge in [-0.3, -0.25) is 9.59 Å². The Morgan fingerprint density at radius 1 is 1.33 bits per heavy atom. The molecule has 0 saturated carbocycles. The SMILES string of the molecule is O=C(C[C@H]1SC(N2CCOCC2)=NC1=O)Nc1ccc(Cl)c(Cl)c1. The minimum absolute atomic E-state index is 0.0566. The first-order chi connectivity index (χ1) is 11.5. The molecule has 2 aliphatic rings. The molecule has 3 rings (SSSR count). The van der Waals surface area contributed by atoms with Crippen molar-refractivity contribution in [2.45, 2.75) is 11.7 Å². The zero-order valence-electron chi connectivity index (χ0n) is 12.6. The zero-order valence-corrected chi connectivity index (χ0v) is 15.0. The maximum absolute atomic E-state index is 12.2. The zero-order chi connectivity index (χ0) is 17.1. The molecule has 0 spiro atoms. The van der Waals surface area contributed by atoms with E-state index in [0.717, 1.165) is 0 Å². The lowest BCUT2D eigenvalue weighted by atomic mass is 10.2. The Bertz CT molecular complexity index is 693. The van der Waals surface area contributed by atoms with E-state index in [-0.39, 0.29) is 18.2 Å². The molecule has 2 amide bonds. The number of halogens is 2. The van der Waals surface area contributed by atoms with Crippen LogP contribution in [0.4, 0.5) is 5.69 Å². The van der Waals surface area contributed by atoms with Crippen molar-refractivity contribution in [1.82, 2.24) is 4.90 Å². The summed E-state index contributed by atoms with van der Waals surface area (Å²) in [6.45, 7) is 2.66. The number of benzene rings is 1. The minimum Gasteiger partial charge on any atom is -0.378 e. The van der Waals surface area contributed by atoms with Gasteiger partial charge in [0.2, 0.25) is 5.91 Å². The average Bonchev–Trinajstić information content (AvgIpc) is 2.93. The number of amidine groups is 1. The lowest BCUT2D eigenvalue weighted by Gasteiger charge is -2.27. The molecule has 0 unspecified atom stereocenters. The van der Waals surface area contributed by atoms with Gasteiger partial charge in [-0.15, -0.1) is 0 Å². The fourth-order valence-electron chi connectivity index (χ4n) is 2.35. The number of hydrogen-bond acceptors (Lipinski definition) is 5. The molecule has 24 heavy (non-hydrogen) atoms. The van der Waals surface area contributed by atoms with Gasteiger partial charge in [-0.1, -0.05) is 35.0 Å². The Hall–Kier alpha value is -1.28. The third-order valence-corrected chi connectivity index (χ3v) is 5.54. The molecule has 1 N–H and O–H groups in total. The molecule has 6 nitrogen and oxygen atoms in total. The van der Waals surface area contributed by atoms with Gasteiger partial charge in [-0.25, -0.2) is 0 Å². The molecular formula is C15H15Cl2N3O3S. The molecule has 0 bridgehead atoms. The van der Waals surface area contributed by atoms with Gasteiger partial charge < -0.3 is 15.0 Å². The highest BCUT2D eigenvalue weighted by Gasteiger charge is 2.33. The van der Waals surface area contributed by atoms with Crippen LogP contribution in [-0.4, -0.2) is 53.4 Å².